The van der Waals surface area contributed by atoms with Crippen molar-refractivity contribution < 1.29 is 9.13 Å². The van der Waals surface area contributed by atoms with E-state index in [2.05, 4.69) is 38.8 Å². The van der Waals surface area contributed by atoms with E-state index < -0.39 is 0 Å². The fraction of sp³-hybridized carbons (Fsp3) is 0.273. The first-order chi connectivity index (χ1) is 14.1. The molecule has 3 aromatic rings. The smallest absolute Gasteiger partial charge is 0.191 e. The van der Waals surface area contributed by atoms with Gasteiger partial charge in [-0.1, -0.05) is 18.2 Å². The van der Waals surface area contributed by atoms with Crippen LogP contribution in [-0.4, -0.2) is 36.2 Å². The number of benzene rings is 2. The summed E-state index contributed by atoms with van der Waals surface area (Å²) in [4.78, 5) is 8.18. The number of aliphatic imine (C=N–C) groups is 1. The summed E-state index contributed by atoms with van der Waals surface area (Å²) in [6.45, 7) is 3.22. The molecule has 2 aromatic carbocycles. The van der Waals surface area contributed by atoms with Crippen LogP contribution in [0, 0.1) is 12.7 Å². The lowest BCUT2D eigenvalue weighted by Gasteiger charge is -2.13. The van der Waals surface area contributed by atoms with Crippen LogP contribution in [0.1, 0.15) is 16.7 Å². The van der Waals surface area contributed by atoms with Gasteiger partial charge in [0, 0.05) is 32.5 Å². The molecule has 0 fully saturated rings. The molecule has 0 amide bonds. The predicted octanol–water partition coefficient (Wildman–Crippen LogP) is 3.85. The zero-order chi connectivity index (χ0) is 20.6. The summed E-state index contributed by atoms with van der Waals surface area (Å²) < 4.78 is 21.4. The van der Waals surface area contributed by atoms with Crippen LogP contribution in [0.4, 0.5) is 4.39 Å². The first-order valence-corrected chi connectivity index (χ1v) is 9.45. The minimum atomic E-state index is -0.293. The molecule has 2 N–H and O–H groups in total. The van der Waals surface area contributed by atoms with Gasteiger partial charge in [0.2, 0.25) is 0 Å². The number of nitrogens with zero attached hydrogens (tertiary/aromatic N) is 3. The van der Waals surface area contributed by atoms with Gasteiger partial charge >= 0.3 is 0 Å². The first kappa shape index (κ1) is 23.7. The van der Waals surface area contributed by atoms with Crippen molar-refractivity contribution in [2.75, 3.05) is 20.7 Å². The number of methoxy groups -OCH3 is 1. The maximum absolute atomic E-state index is 14.4. The van der Waals surface area contributed by atoms with Gasteiger partial charge < -0.3 is 19.9 Å². The second-order valence-electron chi connectivity index (χ2n) is 6.66. The number of aromatic nitrogens is 2. The summed E-state index contributed by atoms with van der Waals surface area (Å²) in [5, 5.41) is 6.49. The molecule has 0 radical (unpaired) electrons. The summed E-state index contributed by atoms with van der Waals surface area (Å²) in [6.07, 6.45) is 5.75. The normalized spacial score (nSPS) is 11.0. The SMILES string of the molecule is CN=C(NCCc1ccc(C)c(OC)c1)NCc1ccc(-n2ccnc2)c(F)c1.I. The van der Waals surface area contributed by atoms with Gasteiger partial charge in [0.05, 0.1) is 19.1 Å². The summed E-state index contributed by atoms with van der Waals surface area (Å²) in [5.41, 5.74) is 3.61. The summed E-state index contributed by atoms with van der Waals surface area (Å²) in [7, 11) is 3.40. The standard InChI is InChI=1S/C22H26FN5O.HI/c1-16-4-5-17(13-21(16)29-3)8-9-26-22(24-2)27-14-18-6-7-20(19(23)12-18)28-11-10-25-15-28;/h4-7,10-13,15H,8-9,14H2,1-3H3,(H2,24,26,27);1H. The molecule has 0 aliphatic carbocycles. The van der Waals surface area contributed by atoms with Crippen molar-refractivity contribution in [1.82, 2.24) is 20.2 Å². The van der Waals surface area contributed by atoms with Crippen molar-refractivity contribution >= 4 is 29.9 Å². The summed E-state index contributed by atoms with van der Waals surface area (Å²) in [6, 6.07) is 11.4. The number of imidazole rings is 1. The van der Waals surface area contributed by atoms with Crippen molar-refractivity contribution in [2.24, 2.45) is 4.99 Å². The highest BCUT2D eigenvalue weighted by atomic mass is 127. The van der Waals surface area contributed by atoms with Gasteiger partial charge in [-0.2, -0.15) is 0 Å². The van der Waals surface area contributed by atoms with Crippen LogP contribution < -0.4 is 15.4 Å². The lowest BCUT2D eigenvalue weighted by atomic mass is 10.1. The van der Waals surface area contributed by atoms with Crippen LogP contribution in [0.25, 0.3) is 5.69 Å². The highest BCUT2D eigenvalue weighted by molar-refractivity contribution is 14.0. The largest absolute Gasteiger partial charge is 0.496 e. The highest BCUT2D eigenvalue weighted by Gasteiger charge is 2.06. The van der Waals surface area contributed by atoms with Crippen LogP contribution in [0.5, 0.6) is 5.75 Å². The Balaban J connectivity index is 0.00000320. The molecule has 6 nitrogen and oxygen atoms in total. The van der Waals surface area contributed by atoms with E-state index in [0.29, 0.717) is 18.2 Å². The highest BCUT2D eigenvalue weighted by Crippen LogP contribution is 2.19. The van der Waals surface area contributed by atoms with Gasteiger partial charge in [0.15, 0.2) is 5.96 Å². The number of rotatable bonds is 7. The van der Waals surface area contributed by atoms with E-state index in [9.17, 15) is 4.39 Å². The number of hydrogen-bond acceptors (Lipinski definition) is 3. The van der Waals surface area contributed by atoms with Crippen molar-refractivity contribution in [1.29, 1.82) is 0 Å². The third-order valence-electron chi connectivity index (χ3n) is 4.66. The van der Waals surface area contributed by atoms with Gasteiger partial charge in [0.25, 0.3) is 0 Å². The van der Waals surface area contributed by atoms with E-state index >= 15 is 0 Å². The average molecular weight is 523 g/mol. The van der Waals surface area contributed by atoms with Crippen LogP contribution in [-0.2, 0) is 13.0 Å². The van der Waals surface area contributed by atoms with E-state index in [1.54, 1.807) is 43.5 Å². The van der Waals surface area contributed by atoms with E-state index in [-0.39, 0.29) is 29.8 Å². The average Bonchev–Trinajstić information content (AvgIpc) is 3.26. The molecule has 0 atom stereocenters. The Morgan fingerprint density at radius 1 is 1.17 bits per heavy atom. The molecule has 1 aromatic heterocycles. The van der Waals surface area contributed by atoms with Crippen molar-refractivity contribution in [2.45, 2.75) is 19.9 Å². The number of nitrogens with one attached hydrogen (secondary N) is 2. The first-order valence-electron chi connectivity index (χ1n) is 9.45. The van der Waals surface area contributed by atoms with Crippen molar-refractivity contribution in [3.63, 3.8) is 0 Å². The summed E-state index contributed by atoms with van der Waals surface area (Å²) >= 11 is 0. The molecule has 0 spiro atoms. The number of aryl methyl sites for hydroxylation is 1. The Labute approximate surface area is 193 Å². The molecule has 0 aliphatic heterocycles. The molecular weight excluding hydrogens is 496 g/mol. The molecule has 0 aliphatic rings. The Morgan fingerprint density at radius 3 is 2.63 bits per heavy atom. The molecule has 160 valence electrons. The Hall–Kier alpha value is -2.62. The molecule has 3 rings (SSSR count). The Morgan fingerprint density at radius 2 is 1.97 bits per heavy atom. The maximum atomic E-state index is 14.4. The maximum Gasteiger partial charge on any atom is 0.191 e. The predicted molar refractivity (Wildman–Crippen MR) is 129 cm³/mol. The molecule has 1 heterocycles. The van der Waals surface area contributed by atoms with Crippen LogP contribution in [0.3, 0.4) is 0 Å². The van der Waals surface area contributed by atoms with Gasteiger partial charge in [-0.3, -0.25) is 4.99 Å². The van der Waals surface area contributed by atoms with Crippen LogP contribution in [0.15, 0.2) is 60.1 Å². The fourth-order valence-electron chi connectivity index (χ4n) is 3.02. The van der Waals surface area contributed by atoms with Gasteiger partial charge in [0.1, 0.15) is 11.6 Å². The van der Waals surface area contributed by atoms with Crippen LogP contribution >= 0.6 is 24.0 Å². The molecule has 8 heteroatoms. The van der Waals surface area contributed by atoms with Crippen molar-refractivity contribution in [3.05, 3.63) is 77.6 Å². The van der Waals surface area contributed by atoms with E-state index in [4.69, 9.17) is 4.74 Å². The zero-order valence-corrected chi connectivity index (χ0v) is 19.7. The third-order valence-corrected chi connectivity index (χ3v) is 4.66. The van der Waals surface area contributed by atoms with Crippen LogP contribution in [0.2, 0.25) is 0 Å². The zero-order valence-electron chi connectivity index (χ0n) is 17.4. The lowest BCUT2D eigenvalue weighted by Crippen LogP contribution is -2.37. The molecule has 0 saturated carbocycles. The number of guanidine groups is 1. The number of halogens is 2. The lowest BCUT2D eigenvalue weighted by molar-refractivity contribution is 0.411. The summed E-state index contributed by atoms with van der Waals surface area (Å²) in [5.74, 6) is 1.27. The fourth-order valence-corrected chi connectivity index (χ4v) is 3.02. The quantitative estimate of drug-likeness (QED) is 0.281. The second kappa shape index (κ2) is 11.5. The Kier molecular flexibility index (Phi) is 9.10. The minimum absolute atomic E-state index is 0. The second-order valence-corrected chi connectivity index (χ2v) is 6.66. The topological polar surface area (TPSA) is 63.5 Å². The van der Waals surface area contributed by atoms with Gasteiger partial charge in [-0.25, -0.2) is 9.37 Å². The van der Waals surface area contributed by atoms with E-state index in [1.807, 2.05) is 13.0 Å². The van der Waals surface area contributed by atoms with Crippen molar-refractivity contribution in [3.8, 4) is 11.4 Å². The number of hydrogen-bond donors (Lipinski definition) is 2. The minimum Gasteiger partial charge on any atom is -0.496 e. The molecule has 0 saturated heterocycles. The molecule has 0 bridgehead atoms. The van der Waals surface area contributed by atoms with Gasteiger partial charge in [-0.15, -0.1) is 24.0 Å². The monoisotopic (exact) mass is 523 g/mol. The molecule has 0 unspecified atom stereocenters. The number of ether oxygens (including phenoxy) is 1. The van der Waals surface area contributed by atoms with E-state index in [0.717, 1.165) is 29.8 Å². The Bertz CT molecular complexity index is 976. The van der Waals surface area contributed by atoms with E-state index in [1.165, 1.54) is 11.6 Å². The molecule has 30 heavy (non-hydrogen) atoms. The molecular formula is C22H27FIN5O. The third kappa shape index (κ3) is 6.19. The van der Waals surface area contributed by atoms with Gasteiger partial charge in [-0.05, 0) is 48.2 Å².